The molecule has 0 atom stereocenters. The monoisotopic (exact) mass is 368 g/mol. The highest BCUT2D eigenvalue weighted by Gasteiger charge is 2.18. The maximum atomic E-state index is 9.11. The fraction of sp³-hybridized carbons (Fsp3) is 0.0952. The molecule has 3 heterocycles. The Bertz CT molecular complexity index is 1190. The molecule has 0 saturated heterocycles. The van der Waals surface area contributed by atoms with E-state index in [4.69, 9.17) is 15.1 Å². The van der Waals surface area contributed by atoms with Crippen molar-refractivity contribution in [2.24, 2.45) is 0 Å². The van der Waals surface area contributed by atoms with Crippen LogP contribution in [-0.2, 0) is 13.2 Å². The van der Waals surface area contributed by atoms with Gasteiger partial charge in [-0.15, -0.1) is 0 Å². The molecule has 2 aromatic heterocycles. The van der Waals surface area contributed by atoms with Crippen molar-refractivity contribution in [2.75, 3.05) is 5.32 Å². The summed E-state index contributed by atoms with van der Waals surface area (Å²) in [6, 6.07) is 20.2. The van der Waals surface area contributed by atoms with Gasteiger partial charge in [-0.25, -0.2) is 0 Å². The maximum Gasteiger partial charge on any atom is 0.144 e. The second-order valence-electron chi connectivity index (χ2n) is 6.55. The zero-order valence-electron chi connectivity index (χ0n) is 14.9. The van der Waals surface area contributed by atoms with E-state index in [0.29, 0.717) is 24.5 Å². The number of fused-ring (bicyclic) bond motifs is 2. The lowest BCUT2D eigenvalue weighted by atomic mass is 10.1. The van der Waals surface area contributed by atoms with Crippen molar-refractivity contribution in [2.45, 2.75) is 13.2 Å². The first-order chi connectivity index (χ1) is 13.8. The van der Waals surface area contributed by atoms with Gasteiger partial charge >= 0.3 is 0 Å². The van der Waals surface area contributed by atoms with Gasteiger partial charge in [0.2, 0.25) is 0 Å². The van der Waals surface area contributed by atoms with Gasteiger partial charge in [-0.1, -0.05) is 36.4 Å². The Labute approximate surface area is 161 Å². The number of anilines is 2. The van der Waals surface area contributed by atoms with E-state index in [1.165, 1.54) is 6.20 Å². The summed E-state index contributed by atoms with van der Waals surface area (Å²) in [6.45, 7) is 1.09. The van der Waals surface area contributed by atoms with Crippen molar-refractivity contribution in [1.82, 2.24) is 20.0 Å². The number of hydrogen-bond donors (Lipinski definition) is 2. The molecule has 2 aromatic carbocycles. The molecule has 2 N–H and O–H groups in total. The number of aromatic amines is 1. The Hall–Kier alpha value is -4.05. The van der Waals surface area contributed by atoms with Crippen molar-refractivity contribution in [3.63, 3.8) is 0 Å². The molecule has 0 bridgehead atoms. The van der Waals surface area contributed by atoms with Crippen molar-refractivity contribution in [3.8, 4) is 23.1 Å². The summed E-state index contributed by atoms with van der Waals surface area (Å²) >= 11 is 0. The predicted molar refractivity (Wildman–Crippen MR) is 104 cm³/mol. The minimum Gasteiger partial charge on any atom is -0.487 e. The van der Waals surface area contributed by atoms with Crippen LogP contribution in [0, 0.1) is 11.3 Å². The highest BCUT2D eigenvalue weighted by atomic mass is 16.5. The van der Waals surface area contributed by atoms with Crippen LogP contribution in [0.3, 0.4) is 0 Å². The zero-order valence-corrected chi connectivity index (χ0v) is 14.9. The third-order valence-electron chi connectivity index (χ3n) is 4.72. The summed E-state index contributed by atoms with van der Waals surface area (Å²) < 4.78 is 8.04. The summed E-state index contributed by atoms with van der Waals surface area (Å²) in [5.74, 6) is 1.37. The van der Waals surface area contributed by atoms with Gasteiger partial charge < -0.3 is 10.1 Å². The maximum absolute atomic E-state index is 9.11. The Morgan fingerprint density at radius 2 is 2.04 bits per heavy atom. The first-order valence-corrected chi connectivity index (χ1v) is 8.88. The molecule has 0 saturated carbocycles. The van der Waals surface area contributed by atoms with Gasteiger partial charge in [-0.2, -0.15) is 15.5 Å². The Kier molecular flexibility index (Phi) is 3.80. The van der Waals surface area contributed by atoms with Crippen molar-refractivity contribution < 1.29 is 4.74 Å². The van der Waals surface area contributed by atoms with Crippen LogP contribution in [0.15, 0.2) is 60.8 Å². The Morgan fingerprint density at radius 3 is 2.89 bits per heavy atom. The molecule has 136 valence electrons. The summed E-state index contributed by atoms with van der Waals surface area (Å²) in [7, 11) is 0. The number of benzene rings is 2. The Balaban J connectivity index is 1.42. The number of hydrogen-bond acceptors (Lipinski definition) is 5. The van der Waals surface area contributed by atoms with Crippen LogP contribution in [0.1, 0.15) is 16.8 Å². The van der Waals surface area contributed by atoms with E-state index in [1.54, 1.807) is 0 Å². The van der Waals surface area contributed by atoms with Crippen molar-refractivity contribution in [3.05, 3.63) is 77.6 Å². The average molecular weight is 368 g/mol. The second-order valence-corrected chi connectivity index (χ2v) is 6.55. The van der Waals surface area contributed by atoms with Crippen LogP contribution in [0.2, 0.25) is 0 Å². The number of aromatic nitrogens is 4. The molecule has 0 aliphatic carbocycles. The van der Waals surface area contributed by atoms with Crippen LogP contribution in [0.25, 0.3) is 11.3 Å². The number of nitrogens with zero attached hydrogens (tertiary/aromatic N) is 4. The van der Waals surface area contributed by atoms with Crippen molar-refractivity contribution in [1.29, 1.82) is 5.26 Å². The van der Waals surface area contributed by atoms with Gasteiger partial charge in [0.25, 0.3) is 0 Å². The summed E-state index contributed by atoms with van der Waals surface area (Å²) in [4.78, 5) is 0. The van der Waals surface area contributed by atoms with E-state index in [2.05, 4.69) is 39.8 Å². The number of nitriles is 1. The van der Waals surface area contributed by atoms with E-state index in [0.717, 1.165) is 34.0 Å². The topological polar surface area (TPSA) is 91.6 Å². The van der Waals surface area contributed by atoms with Crippen LogP contribution < -0.4 is 10.1 Å². The van der Waals surface area contributed by atoms with Gasteiger partial charge in [0.15, 0.2) is 0 Å². The lowest BCUT2D eigenvalue weighted by molar-refractivity contribution is 0.302. The van der Waals surface area contributed by atoms with Crippen LogP contribution in [0.4, 0.5) is 11.5 Å². The molecule has 7 nitrogen and oxygen atoms in total. The number of nitrogens with one attached hydrogen (secondary N) is 2. The fourth-order valence-electron chi connectivity index (χ4n) is 3.28. The van der Waals surface area contributed by atoms with E-state index in [9.17, 15) is 0 Å². The molecule has 7 heteroatoms. The molecule has 0 unspecified atom stereocenters. The van der Waals surface area contributed by atoms with Crippen LogP contribution in [-0.4, -0.2) is 20.0 Å². The first-order valence-electron chi connectivity index (χ1n) is 8.88. The largest absolute Gasteiger partial charge is 0.487 e. The average Bonchev–Trinajstić information content (AvgIpc) is 3.31. The van der Waals surface area contributed by atoms with Crippen molar-refractivity contribution >= 4 is 11.5 Å². The third kappa shape index (κ3) is 2.87. The summed E-state index contributed by atoms with van der Waals surface area (Å²) in [5.41, 5.74) is 5.41. The standard InChI is InChI=1S/C21H16N6O/c22-10-16-11-23-25-21(16)24-17-7-6-15-12-27-18(13-28-20(15)8-17)9-19(26-27)14-4-2-1-3-5-14/h1-9,11H,12-13H2,(H2,23,24,25). The lowest BCUT2D eigenvalue weighted by Gasteiger charge is -2.10. The number of rotatable bonds is 3. The molecule has 0 amide bonds. The smallest absolute Gasteiger partial charge is 0.144 e. The van der Waals surface area contributed by atoms with Gasteiger partial charge in [0.05, 0.1) is 24.1 Å². The predicted octanol–water partition coefficient (Wildman–Crippen LogP) is 3.83. The molecule has 0 spiro atoms. The second kappa shape index (κ2) is 6.59. The van der Waals surface area contributed by atoms with E-state index in [-0.39, 0.29) is 0 Å². The molecule has 0 radical (unpaired) electrons. The molecular weight excluding hydrogens is 352 g/mol. The Morgan fingerprint density at radius 1 is 1.14 bits per heavy atom. The lowest BCUT2D eigenvalue weighted by Crippen LogP contribution is -2.04. The molecule has 5 rings (SSSR count). The third-order valence-corrected chi connectivity index (χ3v) is 4.72. The molecule has 4 aromatic rings. The van der Waals surface area contributed by atoms with E-state index >= 15 is 0 Å². The molecular formula is C21H16N6O. The quantitative estimate of drug-likeness (QED) is 0.573. The highest BCUT2D eigenvalue weighted by Crippen LogP contribution is 2.31. The summed E-state index contributed by atoms with van der Waals surface area (Å²) in [5, 5.41) is 23.7. The molecule has 1 aliphatic rings. The number of H-pyrrole nitrogens is 1. The normalized spacial score (nSPS) is 12.2. The molecule has 28 heavy (non-hydrogen) atoms. The van der Waals surface area contributed by atoms with E-state index < -0.39 is 0 Å². The van der Waals surface area contributed by atoms with Gasteiger partial charge in [0, 0.05) is 22.9 Å². The summed E-state index contributed by atoms with van der Waals surface area (Å²) in [6.07, 6.45) is 1.49. The SMILES string of the molecule is N#Cc1cn[nH]c1Nc1ccc2c(c1)OCc1cc(-c3ccccc3)nn1C2. The zero-order chi connectivity index (χ0) is 18.9. The van der Waals surface area contributed by atoms with Crippen LogP contribution >= 0.6 is 0 Å². The minimum atomic E-state index is 0.448. The van der Waals surface area contributed by atoms with E-state index in [1.807, 2.05) is 41.1 Å². The highest BCUT2D eigenvalue weighted by molar-refractivity contribution is 5.64. The fourth-order valence-corrected chi connectivity index (χ4v) is 3.28. The molecule has 0 fully saturated rings. The van der Waals surface area contributed by atoms with Gasteiger partial charge in [-0.3, -0.25) is 9.78 Å². The number of ether oxygens (including phenoxy) is 1. The van der Waals surface area contributed by atoms with Gasteiger partial charge in [-0.05, 0) is 12.1 Å². The van der Waals surface area contributed by atoms with Gasteiger partial charge in [0.1, 0.15) is 29.8 Å². The van der Waals surface area contributed by atoms with Crippen LogP contribution in [0.5, 0.6) is 5.75 Å². The molecule has 1 aliphatic heterocycles. The minimum absolute atomic E-state index is 0.448. The first kappa shape index (κ1) is 16.1.